The number of sulfonamides is 1. The van der Waals surface area contributed by atoms with Crippen LogP contribution in [0, 0.1) is 6.92 Å². The summed E-state index contributed by atoms with van der Waals surface area (Å²) < 4.78 is 27.3. The van der Waals surface area contributed by atoms with Gasteiger partial charge in [-0.15, -0.1) is 0 Å². The van der Waals surface area contributed by atoms with Gasteiger partial charge in [0.1, 0.15) is 0 Å². The van der Waals surface area contributed by atoms with Crippen LogP contribution >= 0.6 is 27.3 Å². The van der Waals surface area contributed by atoms with Gasteiger partial charge in [-0.2, -0.15) is 0 Å². The van der Waals surface area contributed by atoms with E-state index in [-0.39, 0.29) is 10.5 Å². The SMILES string of the molecule is Cc1ccc2nc(NC(=O)c3ccc(Br)c(S(=O)(=O)N(C)C)c3)sc2c1. The van der Waals surface area contributed by atoms with Gasteiger partial charge in [-0.1, -0.05) is 17.4 Å². The first-order chi connectivity index (χ1) is 12.2. The van der Waals surface area contributed by atoms with Crippen LogP contribution in [-0.2, 0) is 10.0 Å². The summed E-state index contributed by atoms with van der Waals surface area (Å²) in [6.45, 7) is 1.99. The predicted octanol–water partition coefficient (Wildman–Crippen LogP) is 3.87. The molecule has 0 aliphatic rings. The van der Waals surface area contributed by atoms with E-state index in [0.29, 0.717) is 9.60 Å². The van der Waals surface area contributed by atoms with Crippen LogP contribution in [0.25, 0.3) is 10.2 Å². The van der Waals surface area contributed by atoms with Crippen molar-refractivity contribution in [2.24, 2.45) is 0 Å². The van der Waals surface area contributed by atoms with E-state index in [4.69, 9.17) is 0 Å². The third kappa shape index (κ3) is 3.66. The quantitative estimate of drug-likeness (QED) is 0.649. The molecular formula is C17H16BrN3O3S2. The Morgan fingerprint density at radius 2 is 1.92 bits per heavy atom. The highest BCUT2D eigenvalue weighted by atomic mass is 79.9. The molecule has 1 amide bonds. The molecule has 6 nitrogen and oxygen atoms in total. The Bertz CT molecular complexity index is 1110. The van der Waals surface area contributed by atoms with Gasteiger partial charge >= 0.3 is 0 Å². The molecule has 0 saturated carbocycles. The Labute approximate surface area is 164 Å². The number of hydrogen-bond acceptors (Lipinski definition) is 5. The van der Waals surface area contributed by atoms with Gasteiger partial charge in [-0.05, 0) is 58.7 Å². The highest BCUT2D eigenvalue weighted by Gasteiger charge is 2.22. The van der Waals surface area contributed by atoms with Crippen LogP contribution in [0.2, 0.25) is 0 Å². The zero-order valence-corrected chi connectivity index (χ0v) is 17.5. The molecule has 0 aliphatic carbocycles. The fourth-order valence-corrected chi connectivity index (χ4v) is 5.10. The second-order valence-electron chi connectivity index (χ2n) is 5.88. The molecule has 0 saturated heterocycles. The van der Waals surface area contributed by atoms with Crippen LogP contribution in [0.15, 0.2) is 45.8 Å². The van der Waals surface area contributed by atoms with Gasteiger partial charge in [-0.25, -0.2) is 17.7 Å². The van der Waals surface area contributed by atoms with Crippen molar-refractivity contribution < 1.29 is 13.2 Å². The third-order valence-corrected chi connectivity index (χ3v) is 7.46. The van der Waals surface area contributed by atoms with Crippen LogP contribution in [0.5, 0.6) is 0 Å². The lowest BCUT2D eigenvalue weighted by Gasteiger charge is -2.13. The van der Waals surface area contributed by atoms with Gasteiger partial charge in [0, 0.05) is 24.1 Å². The molecule has 0 spiro atoms. The minimum Gasteiger partial charge on any atom is -0.298 e. The second kappa shape index (κ2) is 7.07. The van der Waals surface area contributed by atoms with Crippen molar-refractivity contribution >= 4 is 58.5 Å². The smallest absolute Gasteiger partial charge is 0.257 e. The Morgan fingerprint density at radius 3 is 2.62 bits per heavy atom. The molecule has 0 unspecified atom stereocenters. The van der Waals surface area contributed by atoms with Gasteiger partial charge in [0.05, 0.1) is 15.1 Å². The molecule has 0 aliphatic heterocycles. The van der Waals surface area contributed by atoms with Gasteiger partial charge in [-0.3, -0.25) is 10.1 Å². The van der Waals surface area contributed by atoms with Crippen LogP contribution in [0.1, 0.15) is 15.9 Å². The summed E-state index contributed by atoms with van der Waals surface area (Å²) in [7, 11) is -0.784. The summed E-state index contributed by atoms with van der Waals surface area (Å²) >= 11 is 4.61. The predicted molar refractivity (Wildman–Crippen MR) is 107 cm³/mol. The monoisotopic (exact) mass is 453 g/mol. The summed E-state index contributed by atoms with van der Waals surface area (Å²) in [4.78, 5) is 17.0. The number of anilines is 1. The lowest BCUT2D eigenvalue weighted by Crippen LogP contribution is -2.23. The minimum absolute atomic E-state index is 0.0371. The minimum atomic E-state index is -3.67. The van der Waals surface area contributed by atoms with Crippen LogP contribution < -0.4 is 5.32 Å². The number of halogens is 1. The number of benzene rings is 2. The van der Waals surface area contributed by atoms with Crippen LogP contribution in [0.4, 0.5) is 5.13 Å². The number of nitrogens with zero attached hydrogens (tertiary/aromatic N) is 2. The van der Waals surface area contributed by atoms with Crippen LogP contribution in [0.3, 0.4) is 0 Å². The van der Waals surface area contributed by atoms with Crippen molar-refractivity contribution in [1.82, 2.24) is 9.29 Å². The van der Waals surface area contributed by atoms with E-state index in [1.807, 2.05) is 25.1 Å². The summed E-state index contributed by atoms with van der Waals surface area (Å²) in [6, 6.07) is 10.3. The number of thiazole rings is 1. The standard InChI is InChI=1S/C17H16BrN3O3S2/c1-10-4-7-13-14(8-10)25-17(19-13)20-16(22)11-5-6-12(18)15(9-11)26(23,24)21(2)3/h4-9H,1-3H3,(H,19,20,22). The van der Waals surface area contributed by atoms with Crippen molar-refractivity contribution in [3.63, 3.8) is 0 Å². The lowest BCUT2D eigenvalue weighted by molar-refractivity contribution is 0.102. The zero-order valence-electron chi connectivity index (χ0n) is 14.3. The van der Waals surface area contributed by atoms with Gasteiger partial charge in [0.25, 0.3) is 5.91 Å². The van der Waals surface area contributed by atoms with Crippen molar-refractivity contribution in [3.05, 3.63) is 52.0 Å². The van der Waals surface area contributed by atoms with Gasteiger partial charge in [0.15, 0.2) is 5.13 Å². The van der Waals surface area contributed by atoms with E-state index < -0.39 is 15.9 Å². The molecule has 3 rings (SSSR count). The number of rotatable bonds is 4. The highest BCUT2D eigenvalue weighted by Crippen LogP contribution is 2.28. The molecule has 1 aromatic heterocycles. The number of nitrogens with one attached hydrogen (secondary N) is 1. The van der Waals surface area contributed by atoms with Gasteiger partial charge in [0.2, 0.25) is 10.0 Å². The second-order valence-corrected chi connectivity index (χ2v) is 9.88. The maximum absolute atomic E-state index is 12.5. The summed E-state index contributed by atoms with van der Waals surface area (Å²) in [5.74, 6) is -0.413. The van der Waals surface area contributed by atoms with E-state index in [2.05, 4.69) is 26.2 Å². The molecule has 0 atom stereocenters. The molecule has 0 fully saturated rings. The molecule has 9 heteroatoms. The van der Waals surface area contributed by atoms with Crippen molar-refractivity contribution in [1.29, 1.82) is 0 Å². The molecule has 2 aromatic carbocycles. The maximum atomic E-state index is 12.5. The van der Waals surface area contributed by atoms with E-state index in [1.54, 1.807) is 12.1 Å². The molecule has 26 heavy (non-hydrogen) atoms. The number of carbonyl (C=O) groups excluding carboxylic acids is 1. The van der Waals surface area contributed by atoms with Crippen LogP contribution in [-0.4, -0.2) is 37.7 Å². The summed E-state index contributed by atoms with van der Waals surface area (Å²) in [5, 5.41) is 3.21. The molecule has 136 valence electrons. The number of amides is 1. The Balaban J connectivity index is 1.92. The Kier molecular flexibility index (Phi) is 5.16. The first-order valence-corrected chi connectivity index (χ1v) is 10.6. The molecule has 0 radical (unpaired) electrons. The average molecular weight is 454 g/mol. The zero-order chi connectivity index (χ0) is 19.1. The fraction of sp³-hybridized carbons (Fsp3) is 0.176. The molecule has 1 heterocycles. The summed E-state index contributed by atoms with van der Waals surface area (Å²) in [6.07, 6.45) is 0. The van der Waals surface area contributed by atoms with E-state index in [1.165, 1.54) is 31.5 Å². The van der Waals surface area contributed by atoms with E-state index in [9.17, 15) is 13.2 Å². The number of hydrogen-bond donors (Lipinski definition) is 1. The number of fused-ring (bicyclic) bond motifs is 1. The summed E-state index contributed by atoms with van der Waals surface area (Å²) in [5.41, 5.74) is 2.16. The maximum Gasteiger partial charge on any atom is 0.257 e. The normalized spacial score (nSPS) is 11.9. The molecule has 0 bridgehead atoms. The topological polar surface area (TPSA) is 79.4 Å². The Morgan fingerprint density at radius 1 is 1.19 bits per heavy atom. The first-order valence-electron chi connectivity index (χ1n) is 7.59. The van der Waals surface area contributed by atoms with Crippen molar-refractivity contribution in [2.75, 3.05) is 19.4 Å². The largest absolute Gasteiger partial charge is 0.298 e. The van der Waals surface area contributed by atoms with Gasteiger partial charge < -0.3 is 0 Å². The molecule has 3 aromatic rings. The number of carbonyl (C=O) groups is 1. The van der Waals surface area contributed by atoms with E-state index >= 15 is 0 Å². The molecular weight excluding hydrogens is 438 g/mol. The fourth-order valence-electron chi connectivity index (χ4n) is 2.29. The third-order valence-electron chi connectivity index (χ3n) is 3.72. The van der Waals surface area contributed by atoms with E-state index in [0.717, 1.165) is 20.1 Å². The van der Waals surface area contributed by atoms with Crippen molar-refractivity contribution in [3.8, 4) is 0 Å². The van der Waals surface area contributed by atoms with Crippen molar-refractivity contribution in [2.45, 2.75) is 11.8 Å². The highest BCUT2D eigenvalue weighted by molar-refractivity contribution is 9.10. The number of aromatic nitrogens is 1. The first kappa shape index (κ1) is 19.0. The lowest BCUT2D eigenvalue weighted by atomic mass is 10.2. The Hall–Kier alpha value is -1.81. The average Bonchev–Trinajstić information content (AvgIpc) is 2.96. The molecule has 1 N–H and O–H groups in total. The number of aryl methyl sites for hydroxylation is 1.